The van der Waals surface area contributed by atoms with Crippen LogP contribution in [0.3, 0.4) is 0 Å². The van der Waals surface area contributed by atoms with Gasteiger partial charge in [-0.15, -0.1) is 0 Å². The Hall–Kier alpha value is -0.340. The summed E-state index contributed by atoms with van der Waals surface area (Å²) in [5, 5.41) is 9.79. The molecule has 1 aromatic carbocycles. The third-order valence-corrected chi connectivity index (χ3v) is 3.15. The second-order valence-electron chi connectivity index (χ2n) is 3.86. The van der Waals surface area contributed by atoms with Gasteiger partial charge in [-0.05, 0) is 29.5 Å². The Morgan fingerprint density at radius 3 is 2.50 bits per heavy atom. The first-order chi connectivity index (χ1) is 6.56. The van der Waals surface area contributed by atoms with Crippen LogP contribution < -0.4 is 0 Å². The molecule has 0 aliphatic rings. The monoisotopic (exact) mass is 256 g/mol. The predicted molar refractivity (Wildman–Crippen MR) is 63.5 cm³/mol. The highest BCUT2D eigenvalue weighted by Crippen LogP contribution is 2.28. The topological polar surface area (TPSA) is 20.2 Å². The van der Waals surface area contributed by atoms with Gasteiger partial charge in [-0.3, -0.25) is 0 Å². The molecule has 0 bridgehead atoms. The van der Waals surface area contributed by atoms with E-state index in [-0.39, 0.29) is 6.10 Å². The van der Waals surface area contributed by atoms with Gasteiger partial charge in [0.1, 0.15) is 0 Å². The normalized spacial score (nSPS) is 13.3. The van der Waals surface area contributed by atoms with E-state index in [1.54, 1.807) is 0 Å². The molecule has 1 N–H and O–H groups in total. The molecule has 1 rings (SSSR count). The fourth-order valence-corrected chi connectivity index (χ4v) is 1.91. The lowest BCUT2D eigenvalue weighted by Gasteiger charge is -2.14. The third-order valence-electron chi connectivity index (χ3n) is 2.43. The summed E-state index contributed by atoms with van der Waals surface area (Å²) in [5.74, 6) is 0.505. The second-order valence-corrected chi connectivity index (χ2v) is 4.71. The number of benzene rings is 1. The molecule has 78 valence electrons. The molecule has 0 spiro atoms. The summed E-state index contributed by atoms with van der Waals surface area (Å²) in [6.07, 6.45) is 0.392. The maximum atomic E-state index is 9.79. The molecule has 0 fully saturated rings. The van der Waals surface area contributed by atoms with Crippen molar-refractivity contribution in [3.63, 3.8) is 0 Å². The molecule has 0 aliphatic heterocycles. The molecule has 1 unspecified atom stereocenters. The average Bonchev–Trinajstić information content (AvgIpc) is 2.17. The van der Waals surface area contributed by atoms with E-state index >= 15 is 0 Å². The first kappa shape index (κ1) is 11.7. The number of aliphatic hydroxyl groups excluding tert-OH is 1. The first-order valence-electron chi connectivity index (χ1n) is 5.03. The lowest BCUT2D eigenvalue weighted by Crippen LogP contribution is -1.98. The Balaban J connectivity index is 3.08. The molecule has 14 heavy (non-hydrogen) atoms. The molecule has 0 saturated heterocycles. The standard InChI is InChI=1S/C12H17BrO/c1-4-12(14)10-7-9(8(2)3)5-6-11(10)13/h5-8,12,14H,4H2,1-3H3. The van der Waals surface area contributed by atoms with Crippen molar-refractivity contribution in [1.82, 2.24) is 0 Å². The smallest absolute Gasteiger partial charge is 0.0798 e. The van der Waals surface area contributed by atoms with Gasteiger partial charge in [0, 0.05) is 4.47 Å². The number of hydrogen-bond acceptors (Lipinski definition) is 1. The van der Waals surface area contributed by atoms with Crippen molar-refractivity contribution in [1.29, 1.82) is 0 Å². The van der Waals surface area contributed by atoms with Crippen LogP contribution in [0.15, 0.2) is 22.7 Å². The Labute approximate surface area is 94.3 Å². The van der Waals surface area contributed by atoms with Crippen molar-refractivity contribution in [2.45, 2.75) is 39.2 Å². The third kappa shape index (κ3) is 2.58. The van der Waals surface area contributed by atoms with E-state index < -0.39 is 0 Å². The number of hydrogen-bond donors (Lipinski definition) is 1. The Morgan fingerprint density at radius 2 is 2.00 bits per heavy atom. The zero-order chi connectivity index (χ0) is 10.7. The summed E-state index contributed by atoms with van der Waals surface area (Å²) in [7, 11) is 0. The summed E-state index contributed by atoms with van der Waals surface area (Å²) in [6.45, 7) is 6.30. The van der Waals surface area contributed by atoms with Crippen molar-refractivity contribution in [3.8, 4) is 0 Å². The Morgan fingerprint density at radius 1 is 1.36 bits per heavy atom. The van der Waals surface area contributed by atoms with Crippen LogP contribution in [0.4, 0.5) is 0 Å². The van der Waals surface area contributed by atoms with Crippen molar-refractivity contribution < 1.29 is 5.11 Å². The van der Waals surface area contributed by atoms with Crippen molar-refractivity contribution in [3.05, 3.63) is 33.8 Å². The van der Waals surface area contributed by atoms with Crippen LogP contribution in [0.25, 0.3) is 0 Å². The fourth-order valence-electron chi connectivity index (χ4n) is 1.40. The lowest BCUT2D eigenvalue weighted by atomic mass is 9.98. The molecule has 0 saturated carbocycles. The number of rotatable bonds is 3. The second kappa shape index (κ2) is 4.94. The first-order valence-corrected chi connectivity index (χ1v) is 5.83. The molecule has 1 atom stereocenters. The minimum absolute atomic E-state index is 0.358. The summed E-state index contributed by atoms with van der Waals surface area (Å²) in [6, 6.07) is 6.20. The lowest BCUT2D eigenvalue weighted by molar-refractivity contribution is 0.173. The van der Waals surface area contributed by atoms with E-state index in [0.717, 1.165) is 16.5 Å². The molecule has 0 amide bonds. The van der Waals surface area contributed by atoms with Crippen LogP contribution in [0, 0.1) is 0 Å². The van der Waals surface area contributed by atoms with Crippen LogP contribution in [0.2, 0.25) is 0 Å². The molecule has 1 aromatic rings. The molecule has 0 aromatic heterocycles. The van der Waals surface area contributed by atoms with E-state index in [0.29, 0.717) is 5.92 Å². The van der Waals surface area contributed by atoms with Gasteiger partial charge in [-0.1, -0.05) is 48.8 Å². The molecular formula is C12H17BrO. The quantitative estimate of drug-likeness (QED) is 0.867. The summed E-state index contributed by atoms with van der Waals surface area (Å²) in [5.41, 5.74) is 2.27. The SMILES string of the molecule is CCC(O)c1cc(C(C)C)ccc1Br. The van der Waals surface area contributed by atoms with Gasteiger partial charge in [0.2, 0.25) is 0 Å². The molecule has 0 heterocycles. The van der Waals surface area contributed by atoms with Crippen molar-refractivity contribution in [2.75, 3.05) is 0 Å². The number of halogens is 1. The van der Waals surface area contributed by atoms with Gasteiger partial charge in [0.15, 0.2) is 0 Å². The van der Waals surface area contributed by atoms with Gasteiger partial charge < -0.3 is 5.11 Å². The van der Waals surface area contributed by atoms with Crippen LogP contribution in [-0.2, 0) is 0 Å². The maximum absolute atomic E-state index is 9.79. The maximum Gasteiger partial charge on any atom is 0.0798 e. The minimum Gasteiger partial charge on any atom is -0.388 e. The van der Waals surface area contributed by atoms with E-state index in [1.165, 1.54) is 5.56 Å². The summed E-state index contributed by atoms with van der Waals surface area (Å²) >= 11 is 3.46. The highest BCUT2D eigenvalue weighted by molar-refractivity contribution is 9.10. The van der Waals surface area contributed by atoms with Crippen LogP contribution in [0.5, 0.6) is 0 Å². The van der Waals surface area contributed by atoms with E-state index in [1.807, 2.05) is 13.0 Å². The molecule has 1 nitrogen and oxygen atoms in total. The van der Waals surface area contributed by atoms with Crippen LogP contribution in [0.1, 0.15) is 50.3 Å². The van der Waals surface area contributed by atoms with Crippen molar-refractivity contribution in [2.24, 2.45) is 0 Å². The van der Waals surface area contributed by atoms with Gasteiger partial charge in [0.05, 0.1) is 6.10 Å². The zero-order valence-electron chi connectivity index (χ0n) is 8.92. The van der Waals surface area contributed by atoms with E-state index in [2.05, 4.69) is 41.9 Å². The van der Waals surface area contributed by atoms with Gasteiger partial charge in [0.25, 0.3) is 0 Å². The number of aliphatic hydroxyl groups is 1. The zero-order valence-corrected chi connectivity index (χ0v) is 10.5. The molecule has 0 aliphatic carbocycles. The molecule has 2 heteroatoms. The predicted octanol–water partition coefficient (Wildman–Crippen LogP) is 4.02. The van der Waals surface area contributed by atoms with Gasteiger partial charge in [-0.2, -0.15) is 0 Å². The highest BCUT2D eigenvalue weighted by Gasteiger charge is 2.10. The van der Waals surface area contributed by atoms with E-state index in [9.17, 15) is 5.11 Å². The summed E-state index contributed by atoms with van der Waals surface area (Å²) in [4.78, 5) is 0. The van der Waals surface area contributed by atoms with Gasteiger partial charge in [-0.25, -0.2) is 0 Å². The van der Waals surface area contributed by atoms with E-state index in [4.69, 9.17) is 0 Å². The largest absolute Gasteiger partial charge is 0.388 e. The van der Waals surface area contributed by atoms with Crippen LogP contribution >= 0.6 is 15.9 Å². The van der Waals surface area contributed by atoms with Crippen LogP contribution in [-0.4, -0.2) is 5.11 Å². The van der Waals surface area contributed by atoms with Gasteiger partial charge >= 0.3 is 0 Å². The average molecular weight is 257 g/mol. The molecular weight excluding hydrogens is 240 g/mol. The van der Waals surface area contributed by atoms with Crippen molar-refractivity contribution >= 4 is 15.9 Å². The molecule has 0 radical (unpaired) electrons. The summed E-state index contributed by atoms with van der Waals surface area (Å²) < 4.78 is 0.997. The highest BCUT2D eigenvalue weighted by atomic mass is 79.9. The fraction of sp³-hybridized carbons (Fsp3) is 0.500. The Bertz CT molecular complexity index is 307. The Kier molecular flexibility index (Phi) is 4.14. The minimum atomic E-state index is -0.358.